The first kappa shape index (κ1) is 7.21. The van der Waals surface area contributed by atoms with Gasteiger partial charge in [-0.25, -0.2) is 0 Å². The number of hydrogen-bond acceptors (Lipinski definition) is 2. The molecule has 0 heterocycles. The first-order chi connectivity index (χ1) is 3.41. The molecule has 0 fully saturated rings. The fourth-order valence-electron chi connectivity index (χ4n) is 0.197. The molecule has 0 aromatic heterocycles. The molecule has 7 heavy (non-hydrogen) atoms. The van der Waals surface area contributed by atoms with Crippen LogP contribution in [0.3, 0.4) is 0 Å². The van der Waals surface area contributed by atoms with Gasteiger partial charge in [-0.05, 0) is 0 Å². The summed E-state index contributed by atoms with van der Waals surface area (Å²) in [5.41, 5.74) is 0. The molecule has 0 aromatic carbocycles. The second kappa shape index (κ2) is 6.21. The quantitative estimate of drug-likeness (QED) is 0.314. The molecule has 0 amide bonds. The molecule has 0 saturated heterocycles. The van der Waals surface area contributed by atoms with Gasteiger partial charge in [-0.2, -0.15) is 0 Å². The van der Waals surface area contributed by atoms with E-state index in [2.05, 4.69) is 4.74 Å². The fraction of sp³-hybridized carbons (Fsp3) is 1.00. The van der Waals surface area contributed by atoms with Gasteiger partial charge in [-0.1, -0.05) is 0 Å². The van der Waals surface area contributed by atoms with Crippen molar-refractivity contribution in [3.63, 3.8) is 0 Å². The molecule has 0 spiro atoms. The van der Waals surface area contributed by atoms with E-state index in [0.29, 0.717) is 19.3 Å². The Labute approximate surface area is 48.4 Å². The predicted octanol–water partition coefficient (Wildman–Crippen LogP) is 0.846. The largest absolute Gasteiger partial charge is 0.359 e. The molecule has 3 heteroatoms. The van der Waals surface area contributed by atoms with Crippen LogP contribution in [0.15, 0.2) is 0 Å². The van der Waals surface area contributed by atoms with Crippen molar-refractivity contribution in [3.8, 4) is 0 Å². The Bertz CT molecular complexity index is 28.9. The maximum atomic E-state index is 5.26. The van der Waals surface area contributed by atoms with Crippen molar-refractivity contribution in [1.82, 2.24) is 0 Å². The van der Waals surface area contributed by atoms with Gasteiger partial charge in [0, 0.05) is 13.0 Å². The molecule has 0 unspecified atom stereocenters. The van der Waals surface area contributed by atoms with Crippen LogP contribution in [0.2, 0.25) is 0 Å². The number of halogens is 1. The Hall–Kier alpha value is 0.210. The van der Waals surface area contributed by atoms with Crippen LogP contribution in [-0.2, 0) is 9.47 Å². The van der Waals surface area contributed by atoms with E-state index >= 15 is 0 Å². The second-order valence-corrected chi connectivity index (χ2v) is 1.38. The summed E-state index contributed by atoms with van der Waals surface area (Å²) in [6.45, 7) is 0.905. The van der Waals surface area contributed by atoms with E-state index in [-0.39, 0.29) is 0 Å². The highest BCUT2D eigenvalue weighted by Crippen LogP contribution is 1.77. The van der Waals surface area contributed by atoms with Crippen LogP contribution in [0.1, 0.15) is 0 Å². The molecule has 2 nitrogen and oxygen atoms in total. The van der Waals surface area contributed by atoms with Gasteiger partial charge in [0.15, 0.2) is 0 Å². The molecule has 0 aliphatic rings. The summed E-state index contributed by atoms with van der Waals surface area (Å²) < 4.78 is 9.34. The van der Waals surface area contributed by atoms with Crippen LogP contribution in [0.25, 0.3) is 0 Å². The third kappa shape index (κ3) is 6.21. The van der Waals surface area contributed by atoms with Crippen molar-refractivity contribution in [1.29, 1.82) is 0 Å². The zero-order chi connectivity index (χ0) is 5.54. The Kier molecular flexibility index (Phi) is 6.40. The Balaban J connectivity index is 2.45. The lowest BCUT2D eigenvalue weighted by molar-refractivity contribution is -0.0242. The minimum absolute atomic E-state index is 0.340. The van der Waals surface area contributed by atoms with E-state index in [4.69, 9.17) is 16.3 Å². The van der Waals surface area contributed by atoms with Gasteiger partial charge in [0.2, 0.25) is 0 Å². The van der Waals surface area contributed by atoms with Gasteiger partial charge in [-0.3, -0.25) is 0 Å². The van der Waals surface area contributed by atoms with Crippen molar-refractivity contribution in [2.24, 2.45) is 0 Å². The molecule has 0 aromatic rings. The lowest BCUT2D eigenvalue weighted by Crippen LogP contribution is -1.98. The Morgan fingerprint density at radius 2 is 2.29 bits per heavy atom. The topological polar surface area (TPSA) is 18.5 Å². The van der Waals surface area contributed by atoms with Gasteiger partial charge < -0.3 is 9.47 Å². The lowest BCUT2D eigenvalue weighted by Gasteiger charge is -1.95. The van der Waals surface area contributed by atoms with Gasteiger partial charge in [0.1, 0.15) is 6.79 Å². The molecule has 0 N–H and O–H groups in total. The van der Waals surface area contributed by atoms with Crippen molar-refractivity contribution in [2.75, 3.05) is 26.4 Å². The van der Waals surface area contributed by atoms with E-state index in [1.807, 2.05) is 0 Å². The molecule has 0 aliphatic carbocycles. The number of ether oxygens (including phenoxy) is 2. The van der Waals surface area contributed by atoms with Crippen LogP contribution in [0, 0.1) is 0 Å². The average molecular weight is 125 g/mol. The molecule has 0 rings (SSSR count). The summed E-state index contributed by atoms with van der Waals surface area (Å²) in [5.74, 6) is 0.531. The maximum Gasteiger partial charge on any atom is 0.146 e. The summed E-state index contributed by atoms with van der Waals surface area (Å²) in [4.78, 5) is 0. The average Bonchev–Trinajstić information content (AvgIpc) is 1.69. The molecule has 0 aliphatic heterocycles. The smallest absolute Gasteiger partial charge is 0.146 e. The van der Waals surface area contributed by atoms with Crippen molar-refractivity contribution in [3.05, 3.63) is 0 Å². The van der Waals surface area contributed by atoms with Crippen LogP contribution in [-0.4, -0.2) is 26.4 Å². The summed E-state index contributed by atoms with van der Waals surface area (Å²) in [6, 6.07) is 0. The van der Waals surface area contributed by atoms with Gasteiger partial charge in [0.05, 0.1) is 6.61 Å². The van der Waals surface area contributed by atoms with Crippen LogP contribution < -0.4 is 0 Å². The van der Waals surface area contributed by atoms with Crippen molar-refractivity contribution < 1.29 is 9.47 Å². The molecule has 0 bridgehead atoms. The van der Waals surface area contributed by atoms with Gasteiger partial charge in [0.25, 0.3) is 0 Å². The molecular weight excluding hydrogens is 115 g/mol. The van der Waals surface area contributed by atoms with Crippen LogP contribution >= 0.6 is 11.6 Å². The lowest BCUT2D eigenvalue weighted by atomic mass is 10.9. The third-order valence-corrected chi connectivity index (χ3v) is 0.577. The van der Waals surface area contributed by atoms with E-state index in [1.54, 1.807) is 7.11 Å². The highest BCUT2D eigenvalue weighted by molar-refractivity contribution is 6.17. The SMILES string of the molecule is COCOCCCl. The minimum Gasteiger partial charge on any atom is -0.359 e. The van der Waals surface area contributed by atoms with E-state index in [9.17, 15) is 0 Å². The highest BCUT2D eigenvalue weighted by Gasteiger charge is 1.78. The zero-order valence-electron chi connectivity index (χ0n) is 4.32. The van der Waals surface area contributed by atoms with E-state index < -0.39 is 0 Å². The second-order valence-electron chi connectivity index (χ2n) is 1.00. The number of hydrogen-bond donors (Lipinski definition) is 0. The Morgan fingerprint density at radius 1 is 1.57 bits per heavy atom. The van der Waals surface area contributed by atoms with E-state index in [1.165, 1.54) is 0 Å². The maximum absolute atomic E-state index is 5.26. The van der Waals surface area contributed by atoms with Crippen molar-refractivity contribution in [2.45, 2.75) is 0 Å². The number of methoxy groups -OCH3 is 1. The fourth-order valence-corrected chi connectivity index (χ4v) is 0.306. The summed E-state index contributed by atoms with van der Waals surface area (Å²) in [6.07, 6.45) is 0. The van der Waals surface area contributed by atoms with Crippen molar-refractivity contribution >= 4 is 11.6 Å². The summed E-state index contributed by atoms with van der Waals surface area (Å²) in [7, 11) is 1.58. The first-order valence-electron chi connectivity index (χ1n) is 2.04. The standard InChI is InChI=1S/C4H9ClO2/c1-6-4-7-3-2-5/h2-4H2,1H3. The molecular formula is C4H9ClO2. The van der Waals surface area contributed by atoms with Gasteiger partial charge >= 0.3 is 0 Å². The molecule has 0 atom stereocenters. The highest BCUT2D eigenvalue weighted by atomic mass is 35.5. The first-order valence-corrected chi connectivity index (χ1v) is 2.58. The third-order valence-electron chi connectivity index (χ3n) is 0.423. The number of alkyl halides is 1. The molecule has 0 radical (unpaired) electrons. The summed E-state index contributed by atoms with van der Waals surface area (Å²) >= 11 is 5.26. The minimum atomic E-state index is 0.340. The molecule has 44 valence electrons. The zero-order valence-corrected chi connectivity index (χ0v) is 5.07. The predicted molar refractivity (Wildman–Crippen MR) is 28.5 cm³/mol. The summed E-state index contributed by atoms with van der Waals surface area (Å²) in [5, 5.41) is 0. The normalized spacial score (nSPS) is 9.43. The van der Waals surface area contributed by atoms with Crippen LogP contribution in [0.4, 0.5) is 0 Å². The van der Waals surface area contributed by atoms with Gasteiger partial charge in [-0.15, -0.1) is 11.6 Å². The number of rotatable bonds is 4. The monoisotopic (exact) mass is 124 g/mol. The van der Waals surface area contributed by atoms with E-state index in [0.717, 1.165) is 0 Å². The van der Waals surface area contributed by atoms with Crippen LogP contribution in [0.5, 0.6) is 0 Å². The Morgan fingerprint density at radius 3 is 2.71 bits per heavy atom. The molecule has 0 saturated carbocycles.